The average Bonchev–Trinajstić information content (AvgIpc) is 2.68. The van der Waals surface area contributed by atoms with Gasteiger partial charge in [-0.15, -0.1) is 0 Å². The monoisotopic (exact) mass is 401 g/mol. The number of phenols is 2. The van der Waals surface area contributed by atoms with Crippen molar-refractivity contribution in [2.24, 2.45) is 0 Å². The molecule has 9 heteroatoms. The molecule has 2 aromatic rings. The van der Waals surface area contributed by atoms with E-state index in [1.54, 1.807) is 24.3 Å². The van der Waals surface area contributed by atoms with E-state index in [1.807, 2.05) is 0 Å². The highest BCUT2D eigenvalue weighted by Crippen LogP contribution is 2.15. The molecule has 2 aromatic carbocycles. The predicted molar refractivity (Wildman–Crippen MR) is 105 cm³/mol. The molecule has 5 N–H and O–H groups in total. The fraction of sp³-hybridized carbons (Fsp3) is 0.250. The summed E-state index contributed by atoms with van der Waals surface area (Å²) >= 11 is 0. The first-order valence-electron chi connectivity index (χ1n) is 8.83. The molecule has 0 aliphatic carbocycles. The summed E-state index contributed by atoms with van der Waals surface area (Å²) < 4.78 is 5.09. The van der Waals surface area contributed by atoms with Crippen LogP contribution in [-0.2, 0) is 25.5 Å². The summed E-state index contributed by atoms with van der Waals surface area (Å²) in [6.45, 7) is -0.776. The maximum Gasteiger partial charge on any atom is 0.250 e. The molecule has 0 saturated carbocycles. The van der Waals surface area contributed by atoms with Crippen molar-refractivity contribution in [2.75, 3.05) is 25.6 Å². The molecule has 29 heavy (non-hydrogen) atoms. The molecule has 0 saturated heterocycles. The topological polar surface area (TPSA) is 137 Å². The Morgan fingerprint density at radius 3 is 2.31 bits per heavy atom. The first kappa shape index (κ1) is 21.7. The zero-order valence-electron chi connectivity index (χ0n) is 15.8. The number of carbonyl (C=O) groups excluding carboxylic acids is 3. The zero-order chi connectivity index (χ0) is 21.2. The summed E-state index contributed by atoms with van der Waals surface area (Å²) in [5.74, 6) is -1.31. The van der Waals surface area contributed by atoms with E-state index in [0.29, 0.717) is 5.69 Å². The minimum absolute atomic E-state index is 0.0111. The van der Waals surface area contributed by atoms with E-state index >= 15 is 0 Å². The number of aromatic hydroxyl groups is 2. The second-order valence-corrected chi connectivity index (χ2v) is 6.20. The Kier molecular flexibility index (Phi) is 7.99. The molecule has 0 spiro atoms. The molecule has 154 valence electrons. The molecule has 1 unspecified atom stereocenters. The van der Waals surface area contributed by atoms with Crippen molar-refractivity contribution >= 4 is 23.4 Å². The van der Waals surface area contributed by atoms with Crippen LogP contribution in [0.15, 0.2) is 48.5 Å². The molecule has 3 amide bonds. The highest BCUT2D eigenvalue weighted by molar-refractivity contribution is 5.92. The van der Waals surface area contributed by atoms with Gasteiger partial charge in [-0.3, -0.25) is 14.4 Å². The van der Waals surface area contributed by atoms with E-state index < -0.39 is 24.5 Å². The zero-order valence-corrected chi connectivity index (χ0v) is 15.8. The molecule has 0 aromatic heterocycles. The van der Waals surface area contributed by atoms with Gasteiger partial charge in [0.2, 0.25) is 17.7 Å². The van der Waals surface area contributed by atoms with Crippen LogP contribution in [0.2, 0.25) is 0 Å². The van der Waals surface area contributed by atoms with Crippen LogP contribution >= 0.6 is 0 Å². The van der Waals surface area contributed by atoms with Crippen LogP contribution in [-0.4, -0.2) is 54.2 Å². The standard InChI is InChI=1S/C20H23N3O6/c1-21-20(28)17(9-13-5-7-15(24)8-6-13)23-19(27)12-29-11-18(26)22-14-3-2-4-16(25)10-14/h2-8,10,17,24-25H,9,11-12H2,1H3,(H,21,28)(H,22,26)(H,23,27). The quantitative estimate of drug-likeness (QED) is 0.416. The second kappa shape index (κ2) is 10.7. The number of phenolic OH excluding ortho intramolecular Hbond substituents is 2. The van der Waals surface area contributed by atoms with Crippen LogP contribution in [0.5, 0.6) is 11.5 Å². The number of likely N-dealkylation sites (N-methyl/N-ethyl adjacent to an activating group) is 1. The average molecular weight is 401 g/mol. The Balaban J connectivity index is 1.80. The highest BCUT2D eigenvalue weighted by atomic mass is 16.5. The van der Waals surface area contributed by atoms with Crippen LogP contribution in [0.3, 0.4) is 0 Å². The van der Waals surface area contributed by atoms with Crippen molar-refractivity contribution in [1.29, 1.82) is 0 Å². The molecular weight excluding hydrogens is 378 g/mol. The fourth-order valence-corrected chi connectivity index (χ4v) is 2.50. The van der Waals surface area contributed by atoms with Crippen molar-refractivity contribution in [3.63, 3.8) is 0 Å². The molecular formula is C20H23N3O6. The van der Waals surface area contributed by atoms with Crippen molar-refractivity contribution in [3.8, 4) is 11.5 Å². The molecule has 0 heterocycles. The summed E-state index contributed by atoms with van der Waals surface area (Å²) in [5, 5.41) is 26.3. The Hall–Kier alpha value is -3.59. The van der Waals surface area contributed by atoms with Gasteiger partial charge in [-0.2, -0.15) is 0 Å². The van der Waals surface area contributed by atoms with E-state index in [1.165, 1.54) is 31.3 Å². The van der Waals surface area contributed by atoms with Crippen molar-refractivity contribution in [2.45, 2.75) is 12.5 Å². The first-order chi connectivity index (χ1) is 13.9. The van der Waals surface area contributed by atoms with Crippen molar-refractivity contribution in [1.82, 2.24) is 10.6 Å². The summed E-state index contributed by atoms with van der Waals surface area (Å²) in [6.07, 6.45) is 0.226. The maximum atomic E-state index is 12.1. The molecule has 1 atom stereocenters. The van der Waals surface area contributed by atoms with Gasteiger partial charge in [0, 0.05) is 25.2 Å². The van der Waals surface area contributed by atoms with Crippen LogP contribution in [0, 0.1) is 0 Å². The minimum atomic E-state index is -0.832. The Labute approximate surface area is 167 Å². The Morgan fingerprint density at radius 1 is 0.966 bits per heavy atom. The van der Waals surface area contributed by atoms with Crippen LogP contribution in [0.25, 0.3) is 0 Å². The van der Waals surface area contributed by atoms with Gasteiger partial charge in [-0.1, -0.05) is 18.2 Å². The summed E-state index contributed by atoms with van der Waals surface area (Å²) in [5.41, 5.74) is 1.15. The molecule has 0 aliphatic heterocycles. The molecule has 2 rings (SSSR count). The molecule has 0 bridgehead atoms. The Bertz CT molecular complexity index is 854. The second-order valence-electron chi connectivity index (χ2n) is 6.20. The number of ether oxygens (including phenoxy) is 1. The number of hydrogen-bond acceptors (Lipinski definition) is 6. The normalized spacial score (nSPS) is 11.3. The number of benzene rings is 2. The van der Waals surface area contributed by atoms with Gasteiger partial charge < -0.3 is 30.9 Å². The number of anilines is 1. The summed E-state index contributed by atoms with van der Waals surface area (Å²) in [7, 11) is 1.46. The van der Waals surface area contributed by atoms with Gasteiger partial charge in [-0.25, -0.2) is 0 Å². The SMILES string of the molecule is CNC(=O)C(Cc1ccc(O)cc1)NC(=O)COCC(=O)Nc1cccc(O)c1. The van der Waals surface area contributed by atoms with Gasteiger partial charge >= 0.3 is 0 Å². The predicted octanol–water partition coefficient (Wildman–Crippen LogP) is 0.526. The number of carbonyl (C=O) groups is 3. The molecule has 0 fully saturated rings. The maximum absolute atomic E-state index is 12.1. The number of rotatable bonds is 9. The van der Waals surface area contributed by atoms with Gasteiger partial charge in [0.15, 0.2) is 0 Å². The lowest BCUT2D eigenvalue weighted by Crippen LogP contribution is -2.48. The number of hydrogen-bond donors (Lipinski definition) is 5. The van der Waals surface area contributed by atoms with Crippen molar-refractivity contribution < 1.29 is 29.3 Å². The third kappa shape index (κ3) is 7.51. The lowest BCUT2D eigenvalue weighted by molar-refractivity contribution is -0.132. The minimum Gasteiger partial charge on any atom is -0.508 e. The number of amides is 3. The van der Waals surface area contributed by atoms with Gasteiger partial charge in [-0.05, 0) is 29.8 Å². The van der Waals surface area contributed by atoms with Crippen LogP contribution < -0.4 is 16.0 Å². The van der Waals surface area contributed by atoms with Crippen molar-refractivity contribution in [3.05, 3.63) is 54.1 Å². The summed E-state index contributed by atoms with van der Waals surface area (Å²) in [6, 6.07) is 11.5. The van der Waals surface area contributed by atoms with Gasteiger partial charge in [0.1, 0.15) is 30.8 Å². The van der Waals surface area contributed by atoms with Crippen LogP contribution in [0.1, 0.15) is 5.56 Å². The van der Waals surface area contributed by atoms with E-state index in [9.17, 15) is 24.6 Å². The van der Waals surface area contributed by atoms with Crippen LogP contribution in [0.4, 0.5) is 5.69 Å². The largest absolute Gasteiger partial charge is 0.508 e. The summed E-state index contributed by atoms with van der Waals surface area (Å²) in [4.78, 5) is 35.9. The highest BCUT2D eigenvalue weighted by Gasteiger charge is 2.20. The smallest absolute Gasteiger partial charge is 0.250 e. The molecule has 0 radical (unpaired) electrons. The third-order valence-corrected chi connectivity index (χ3v) is 3.87. The number of nitrogens with one attached hydrogen (secondary N) is 3. The van der Waals surface area contributed by atoms with E-state index in [2.05, 4.69) is 16.0 Å². The fourth-order valence-electron chi connectivity index (χ4n) is 2.50. The first-order valence-corrected chi connectivity index (χ1v) is 8.83. The van der Waals surface area contributed by atoms with E-state index in [0.717, 1.165) is 5.56 Å². The van der Waals surface area contributed by atoms with Gasteiger partial charge in [0.05, 0.1) is 0 Å². The Morgan fingerprint density at radius 2 is 1.66 bits per heavy atom. The lowest BCUT2D eigenvalue weighted by atomic mass is 10.1. The van der Waals surface area contributed by atoms with Gasteiger partial charge in [0.25, 0.3) is 0 Å². The third-order valence-electron chi connectivity index (χ3n) is 3.87. The van der Waals surface area contributed by atoms with E-state index in [-0.39, 0.29) is 30.4 Å². The molecule has 9 nitrogen and oxygen atoms in total. The lowest BCUT2D eigenvalue weighted by Gasteiger charge is -2.17. The molecule has 0 aliphatic rings. The van der Waals surface area contributed by atoms with E-state index in [4.69, 9.17) is 4.74 Å².